The molecule has 0 spiro atoms. The maximum absolute atomic E-state index is 12.8. The first-order valence-corrected chi connectivity index (χ1v) is 8.30. The van der Waals surface area contributed by atoms with Crippen LogP contribution in [0.2, 0.25) is 0 Å². The Bertz CT molecular complexity index is 792. The fraction of sp³-hybridized carbons (Fsp3) is 0.381. The van der Waals surface area contributed by atoms with Gasteiger partial charge in [-0.05, 0) is 38.8 Å². The normalized spacial score (nSPS) is 10.2. The van der Waals surface area contributed by atoms with Crippen molar-refractivity contribution in [2.24, 2.45) is 0 Å². The Balaban J connectivity index is 0. The summed E-state index contributed by atoms with van der Waals surface area (Å²) in [6.45, 7) is 12.0. The average molecular weight is 430 g/mol. The van der Waals surface area contributed by atoms with Crippen molar-refractivity contribution in [3.8, 4) is 29.2 Å². The van der Waals surface area contributed by atoms with Crippen LogP contribution >= 0.6 is 0 Å². The molecular formula is C21H29N2O2Y-. The topological polar surface area (TPSA) is 44.1 Å². The van der Waals surface area contributed by atoms with Crippen molar-refractivity contribution < 1.29 is 37.4 Å². The minimum absolute atomic E-state index is 0. The third kappa shape index (κ3) is 6.07. The monoisotopic (exact) mass is 430 g/mol. The Hall–Kier alpha value is -1.44. The van der Waals surface area contributed by atoms with E-state index in [0.717, 1.165) is 11.1 Å². The first-order valence-electron chi connectivity index (χ1n) is 8.30. The molecule has 0 fully saturated rings. The van der Waals surface area contributed by atoms with E-state index in [4.69, 9.17) is 11.2 Å². The van der Waals surface area contributed by atoms with Crippen LogP contribution in [0.15, 0.2) is 29.1 Å². The van der Waals surface area contributed by atoms with Crippen LogP contribution in [0.25, 0.3) is 11.1 Å². The van der Waals surface area contributed by atoms with E-state index in [-0.39, 0.29) is 45.7 Å². The molecule has 1 unspecified atom stereocenters. The Morgan fingerprint density at radius 2 is 1.85 bits per heavy atom. The first-order chi connectivity index (χ1) is 11.5. The Morgan fingerprint density at radius 3 is 2.35 bits per heavy atom. The van der Waals surface area contributed by atoms with Gasteiger partial charge in [-0.3, -0.25) is 4.79 Å². The van der Waals surface area contributed by atoms with E-state index < -0.39 is 6.10 Å². The minimum Gasteiger partial charge on any atom is -0.475 e. The molecular weight excluding hydrogens is 401 g/mol. The quantitative estimate of drug-likeness (QED) is 0.533. The van der Waals surface area contributed by atoms with E-state index in [1.165, 1.54) is 4.68 Å². The van der Waals surface area contributed by atoms with Crippen LogP contribution in [0.5, 0.6) is 5.75 Å². The number of aryl methyl sites for hydroxylation is 3. The largest absolute Gasteiger partial charge is 0.475 e. The number of benzene rings is 1. The Morgan fingerprint density at radius 1 is 1.27 bits per heavy atom. The van der Waals surface area contributed by atoms with Gasteiger partial charge in [-0.1, -0.05) is 44.0 Å². The number of terminal acetylenes is 1. The third-order valence-electron chi connectivity index (χ3n) is 3.52. The van der Waals surface area contributed by atoms with Crippen LogP contribution < -0.4 is 10.3 Å². The van der Waals surface area contributed by atoms with Crippen molar-refractivity contribution in [2.75, 3.05) is 0 Å². The zero-order valence-corrected chi connectivity index (χ0v) is 19.8. The van der Waals surface area contributed by atoms with Gasteiger partial charge in [0, 0.05) is 39.3 Å². The van der Waals surface area contributed by atoms with E-state index in [2.05, 4.69) is 11.0 Å². The van der Waals surface area contributed by atoms with Gasteiger partial charge in [-0.25, -0.2) is 4.68 Å². The molecule has 2 rings (SSSR count). The summed E-state index contributed by atoms with van der Waals surface area (Å²) in [7, 11) is 0. The van der Waals surface area contributed by atoms with Crippen LogP contribution in [-0.2, 0) is 39.3 Å². The van der Waals surface area contributed by atoms with E-state index in [9.17, 15) is 4.79 Å². The van der Waals surface area contributed by atoms with Crippen molar-refractivity contribution in [3.63, 3.8) is 0 Å². The molecule has 1 atom stereocenters. The molecule has 0 saturated carbocycles. The Kier molecular flexibility index (Phi) is 13.2. The smallest absolute Gasteiger partial charge is 0.278 e. The average Bonchev–Trinajstić information content (AvgIpc) is 2.60. The summed E-state index contributed by atoms with van der Waals surface area (Å²) in [6.07, 6.45) is 4.97. The van der Waals surface area contributed by atoms with Crippen molar-refractivity contribution in [3.05, 3.63) is 53.3 Å². The second-order valence-corrected chi connectivity index (χ2v) is 5.15. The fourth-order valence-corrected chi connectivity index (χ4v) is 2.34. The summed E-state index contributed by atoms with van der Waals surface area (Å²) < 4.78 is 7.25. The molecule has 5 heteroatoms. The van der Waals surface area contributed by atoms with Gasteiger partial charge in [0.05, 0.1) is 5.56 Å². The molecule has 1 radical (unpaired) electrons. The molecule has 1 aromatic heterocycles. The molecule has 0 saturated heterocycles. The van der Waals surface area contributed by atoms with Crippen LogP contribution in [0, 0.1) is 33.6 Å². The molecule has 0 aliphatic rings. The summed E-state index contributed by atoms with van der Waals surface area (Å²) >= 11 is 0. The zero-order valence-electron chi connectivity index (χ0n) is 17.0. The predicted molar refractivity (Wildman–Crippen MR) is 106 cm³/mol. The number of rotatable bonds is 4. The predicted octanol–water partition coefficient (Wildman–Crippen LogP) is 4.42. The SMILES string of the molecule is C#CC(C)Oc1c(C)nn(CC)c(=O)c1-c1ccccc1C.CC.[CH3-].[Y]. The molecule has 0 bridgehead atoms. The Labute approximate surface area is 183 Å². The molecule has 0 aliphatic carbocycles. The standard InChI is InChI=1S/C18H20N2O2.C2H6.CH3.Y/c1-6-13(4)22-17-14(5)19-20(7-2)18(21)16(17)15-11-9-8-10-12(15)3;1-2;;/h1,8-11,13H,7H2,2-5H3;1-2H3;1H3;/q;;-1;. The van der Waals surface area contributed by atoms with E-state index >= 15 is 0 Å². The van der Waals surface area contributed by atoms with E-state index in [1.807, 2.05) is 58.9 Å². The van der Waals surface area contributed by atoms with Crippen molar-refractivity contribution in [1.29, 1.82) is 0 Å². The van der Waals surface area contributed by atoms with Crippen LogP contribution in [0.1, 0.15) is 39.0 Å². The maximum Gasteiger partial charge on any atom is 0.278 e. The van der Waals surface area contributed by atoms with Gasteiger partial charge >= 0.3 is 0 Å². The summed E-state index contributed by atoms with van der Waals surface area (Å²) in [5.74, 6) is 2.99. The second-order valence-electron chi connectivity index (χ2n) is 5.15. The van der Waals surface area contributed by atoms with Crippen molar-refractivity contribution in [2.45, 2.75) is 54.2 Å². The number of hydrogen-bond donors (Lipinski definition) is 0. The van der Waals surface area contributed by atoms with E-state index in [1.54, 1.807) is 6.92 Å². The van der Waals surface area contributed by atoms with Gasteiger partial charge in [0.15, 0.2) is 11.9 Å². The van der Waals surface area contributed by atoms with Crippen molar-refractivity contribution >= 4 is 0 Å². The zero-order chi connectivity index (χ0) is 18.3. The first kappa shape index (κ1) is 26.8. The summed E-state index contributed by atoms with van der Waals surface area (Å²) in [4.78, 5) is 12.8. The molecule has 0 N–H and O–H groups in total. The summed E-state index contributed by atoms with van der Waals surface area (Å²) in [5, 5.41) is 4.30. The molecule has 1 heterocycles. The van der Waals surface area contributed by atoms with Crippen LogP contribution in [-0.4, -0.2) is 15.9 Å². The van der Waals surface area contributed by atoms with Crippen molar-refractivity contribution in [1.82, 2.24) is 9.78 Å². The third-order valence-corrected chi connectivity index (χ3v) is 3.52. The van der Waals surface area contributed by atoms with Gasteiger partial charge in [0.1, 0.15) is 5.69 Å². The van der Waals surface area contributed by atoms with Crippen LogP contribution in [0.3, 0.4) is 0 Å². The molecule has 2 aromatic rings. The molecule has 0 amide bonds. The minimum atomic E-state index is -0.430. The van der Waals surface area contributed by atoms with Gasteiger partial charge in [0.2, 0.25) is 0 Å². The number of aromatic nitrogens is 2. The van der Waals surface area contributed by atoms with Gasteiger partial charge in [-0.15, -0.1) is 6.42 Å². The van der Waals surface area contributed by atoms with Gasteiger partial charge in [0.25, 0.3) is 5.56 Å². The number of hydrogen-bond acceptors (Lipinski definition) is 3. The summed E-state index contributed by atoms with van der Waals surface area (Å²) in [6, 6.07) is 7.73. The maximum atomic E-state index is 12.8. The summed E-state index contributed by atoms with van der Waals surface area (Å²) in [5.41, 5.74) is 2.86. The number of ether oxygens (including phenoxy) is 1. The molecule has 1 aromatic carbocycles. The molecule has 139 valence electrons. The molecule has 4 nitrogen and oxygen atoms in total. The fourth-order valence-electron chi connectivity index (χ4n) is 2.34. The van der Waals surface area contributed by atoms with E-state index in [0.29, 0.717) is 23.6 Å². The van der Waals surface area contributed by atoms with Gasteiger partial charge < -0.3 is 12.2 Å². The molecule has 0 aliphatic heterocycles. The number of nitrogens with zero attached hydrogens (tertiary/aromatic N) is 2. The second kappa shape index (κ2) is 12.8. The molecule has 26 heavy (non-hydrogen) atoms. The van der Waals surface area contributed by atoms with Gasteiger partial charge in [-0.2, -0.15) is 5.10 Å². The van der Waals surface area contributed by atoms with Crippen LogP contribution in [0.4, 0.5) is 0 Å².